The molecular weight excluding hydrogens is 869 g/mol. The Labute approximate surface area is 428 Å². The Morgan fingerprint density at radius 1 is 0.292 bits per heavy atom. The lowest BCUT2D eigenvalue weighted by Crippen LogP contribution is -2.14. The Hall–Kier alpha value is -8.00. The highest BCUT2D eigenvalue weighted by molar-refractivity contribution is 6.09. The van der Waals surface area contributed by atoms with E-state index in [2.05, 4.69) is 257 Å². The Bertz CT molecular complexity index is 3660. The van der Waals surface area contributed by atoms with E-state index in [0.29, 0.717) is 0 Å². The molecule has 1 aliphatic rings. The fraction of sp³-hybridized carbons (Fsp3) is 0.155. The molecule has 1 heterocycles. The Morgan fingerprint density at radius 2 is 0.750 bits per heavy atom. The second-order valence-electron chi connectivity index (χ2n) is 20.1. The van der Waals surface area contributed by atoms with Gasteiger partial charge in [-0.25, -0.2) is 0 Å². The normalized spacial score (nSPS) is 11.9. The van der Waals surface area contributed by atoms with Crippen molar-refractivity contribution in [2.75, 3.05) is 0 Å². The molecule has 1 aromatic heterocycles. The van der Waals surface area contributed by atoms with Gasteiger partial charge < -0.3 is 4.42 Å². The summed E-state index contributed by atoms with van der Waals surface area (Å²) in [6.07, 6.45) is 0. The molecule has 0 radical (unpaired) electrons. The Kier molecular flexibility index (Phi) is 14.4. The fourth-order valence-corrected chi connectivity index (χ4v) is 10.5. The molecular formula is C71H66O. The third-order valence-corrected chi connectivity index (χ3v) is 14.5. The first-order valence-corrected chi connectivity index (χ1v) is 25.3. The molecule has 1 heteroatoms. The van der Waals surface area contributed by atoms with Crippen LogP contribution in [0.25, 0.3) is 77.6 Å². The zero-order valence-corrected chi connectivity index (χ0v) is 43.7. The van der Waals surface area contributed by atoms with Gasteiger partial charge in [0.1, 0.15) is 11.2 Å². The number of aryl methyl sites for hydroxylation is 8. The van der Waals surface area contributed by atoms with Crippen LogP contribution >= 0.6 is 0 Å². The van der Waals surface area contributed by atoms with Gasteiger partial charge in [-0.2, -0.15) is 0 Å². The molecule has 0 aliphatic heterocycles. The van der Waals surface area contributed by atoms with E-state index in [1.54, 1.807) is 0 Å². The molecule has 1 aliphatic carbocycles. The molecule has 12 rings (SSSR count). The van der Waals surface area contributed by atoms with E-state index < -0.39 is 0 Å². The minimum atomic E-state index is 0.151. The van der Waals surface area contributed by atoms with Crippen molar-refractivity contribution in [3.63, 3.8) is 0 Å². The van der Waals surface area contributed by atoms with Crippen LogP contribution in [0.1, 0.15) is 69.5 Å². The lowest BCUT2D eigenvalue weighted by atomic mass is 9.82. The van der Waals surface area contributed by atoms with Gasteiger partial charge in [0.2, 0.25) is 0 Å². The molecule has 0 saturated heterocycles. The number of benzene rings is 10. The minimum Gasteiger partial charge on any atom is -0.455 e. The van der Waals surface area contributed by atoms with Gasteiger partial charge in [-0.15, -0.1) is 0 Å². The van der Waals surface area contributed by atoms with E-state index in [0.717, 1.165) is 16.7 Å². The van der Waals surface area contributed by atoms with Crippen molar-refractivity contribution >= 4 is 21.9 Å². The molecule has 0 saturated carbocycles. The summed E-state index contributed by atoms with van der Waals surface area (Å²) in [5, 5.41) is 2.36. The van der Waals surface area contributed by atoms with Crippen LogP contribution in [0.2, 0.25) is 0 Å². The van der Waals surface area contributed by atoms with Crippen LogP contribution in [-0.4, -0.2) is 0 Å². The van der Waals surface area contributed by atoms with Crippen molar-refractivity contribution in [2.45, 2.75) is 74.7 Å². The number of fused-ring (bicyclic) bond motifs is 6. The molecule has 10 aromatic carbocycles. The molecule has 0 atom stereocenters. The molecule has 356 valence electrons. The molecule has 0 N–H and O–H groups in total. The van der Waals surface area contributed by atoms with E-state index in [1.165, 1.54) is 116 Å². The number of furan rings is 1. The van der Waals surface area contributed by atoms with Gasteiger partial charge in [-0.3, -0.25) is 0 Å². The average Bonchev–Trinajstić information content (AvgIpc) is 3.88. The number of para-hydroxylation sites is 2. The lowest BCUT2D eigenvalue weighted by molar-refractivity contribution is 0.660. The van der Waals surface area contributed by atoms with Gasteiger partial charge in [0, 0.05) is 21.8 Å². The molecule has 0 fully saturated rings. The highest BCUT2D eigenvalue weighted by Crippen LogP contribution is 2.49. The summed E-state index contributed by atoms with van der Waals surface area (Å²) in [6.45, 7) is 22.0. The summed E-state index contributed by atoms with van der Waals surface area (Å²) in [4.78, 5) is 0. The van der Waals surface area contributed by atoms with Crippen molar-refractivity contribution in [3.05, 3.63) is 274 Å². The summed E-state index contributed by atoms with van der Waals surface area (Å²) in [5.41, 5.74) is 28.6. The first-order chi connectivity index (χ1) is 34.8. The average molecular weight is 935 g/mol. The standard InChI is InChI=1S/C29H28.C19H14O.C16H16.C7H8/c1-19-9-6-7-12-26(19)27-17-24(15-13-20(27)2)25-16-14-21(3)28(18-25)29-22(4)10-8-11-23(29)5;1-13-9-11-14(12-10-13)15-6-4-7-17-16-5-2-3-8-18(16)20-19(15)17;1-11-7-6-10-14-15(11)12-8-4-5-9-13(12)16(14,2)3;1-7-5-3-2-4-6-7/h6-18H,1-5H3;2-12H,1H3;4-10H,1-3H3;2-6H,1H3. The molecule has 0 spiro atoms. The maximum Gasteiger partial charge on any atom is 0.143 e. The summed E-state index contributed by atoms with van der Waals surface area (Å²) in [7, 11) is 0. The predicted octanol–water partition coefficient (Wildman–Crippen LogP) is 20.1. The third kappa shape index (κ3) is 10.1. The molecule has 11 aromatic rings. The van der Waals surface area contributed by atoms with Crippen LogP contribution in [0, 0.1) is 55.4 Å². The molecule has 1 nitrogen and oxygen atoms in total. The number of hydrogen-bond acceptors (Lipinski definition) is 1. The van der Waals surface area contributed by atoms with Crippen LogP contribution in [-0.2, 0) is 5.41 Å². The lowest BCUT2D eigenvalue weighted by Gasteiger charge is -2.21. The maximum absolute atomic E-state index is 6.07. The van der Waals surface area contributed by atoms with Gasteiger partial charge >= 0.3 is 0 Å². The smallest absolute Gasteiger partial charge is 0.143 e. The monoisotopic (exact) mass is 935 g/mol. The van der Waals surface area contributed by atoms with Crippen LogP contribution in [0.4, 0.5) is 0 Å². The highest BCUT2D eigenvalue weighted by Gasteiger charge is 2.35. The van der Waals surface area contributed by atoms with E-state index in [-0.39, 0.29) is 5.41 Å². The number of hydrogen-bond donors (Lipinski definition) is 0. The SMILES string of the molecule is Cc1ccc(-c2cccc3c2oc2ccccc23)cc1.Cc1cccc2c1-c1ccccc1C2(C)C.Cc1ccccc1.Cc1ccccc1-c1cc(-c2ccc(C)c(-c3c(C)cccc3C)c2)ccc1C. The number of rotatable bonds is 4. The van der Waals surface area contributed by atoms with Crippen LogP contribution in [0.3, 0.4) is 0 Å². The summed E-state index contributed by atoms with van der Waals surface area (Å²) >= 11 is 0. The summed E-state index contributed by atoms with van der Waals surface area (Å²) in [5.74, 6) is 0. The maximum atomic E-state index is 6.07. The zero-order chi connectivity index (χ0) is 50.5. The fourth-order valence-electron chi connectivity index (χ4n) is 10.5. The van der Waals surface area contributed by atoms with Crippen LogP contribution < -0.4 is 0 Å². The van der Waals surface area contributed by atoms with Crippen molar-refractivity contribution in [3.8, 4) is 55.6 Å². The minimum absolute atomic E-state index is 0.151. The van der Waals surface area contributed by atoms with Gasteiger partial charge in [-0.1, -0.05) is 225 Å². The van der Waals surface area contributed by atoms with E-state index >= 15 is 0 Å². The molecule has 0 amide bonds. The molecule has 0 unspecified atom stereocenters. The second kappa shape index (κ2) is 21.2. The molecule has 72 heavy (non-hydrogen) atoms. The topological polar surface area (TPSA) is 13.1 Å². The van der Waals surface area contributed by atoms with Gasteiger partial charge in [0.05, 0.1) is 0 Å². The van der Waals surface area contributed by atoms with Crippen molar-refractivity contribution in [1.29, 1.82) is 0 Å². The van der Waals surface area contributed by atoms with Crippen molar-refractivity contribution in [2.24, 2.45) is 0 Å². The Balaban J connectivity index is 0.000000129. The van der Waals surface area contributed by atoms with E-state index in [9.17, 15) is 0 Å². The zero-order valence-electron chi connectivity index (χ0n) is 43.7. The van der Waals surface area contributed by atoms with Crippen LogP contribution in [0.15, 0.2) is 223 Å². The van der Waals surface area contributed by atoms with Gasteiger partial charge in [0.25, 0.3) is 0 Å². The first-order valence-electron chi connectivity index (χ1n) is 25.3. The Morgan fingerprint density at radius 3 is 1.42 bits per heavy atom. The quantitative estimate of drug-likeness (QED) is 0.171. The van der Waals surface area contributed by atoms with Gasteiger partial charge in [0.15, 0.2) is 0 Å². The second-order valence-corrected chi connectivity index (χ2v) is 20.1. The molecule has 0 bridgehead atoms. The summed E-state index contributed by atoms with van der Waals surface area (Å²) < 4.78 is 6.07. The van der Waals surface area contributed by atoms with E-state index in [1.807, 2.05) is 30.3 Å². The highest BCUT2D eigenvalue weighted by atomic mass is 16.3. The van der Waals surface area contributed by atoms with Crippen molar-refractivity contribution < 1.29 is 4.42 Å². The summed E-state index contributed by atoms with van der Waals surface area (Å²) in [6, 6.07) is 77.7. The predicted molar refractivity (Wildman–Crippen MR) is 310 cm³/mol. The third-order valence-electron chi connectivity index (χ3n) is 14.5. The van der Waals surface area contributed by atoms with Crippen LogP contribution in [0.5, 0.6) is 0 Å². The first kappa shape index (κ1) is 49.0. The van der Waals surface area contributed by atoms with Crippen molar-refractivity contribution in [1.82, 2.24) is 0 Å². The van der Waals surface area contributed by atoms with E-state index in [4.69, 9.17) is 4.42 Å². The largest absolute Gasteiger partial charge is 0.455 e. The van der Waals surface area contributed by atoms with Gasteiger partial charge in [-0.05, 0) is 168 Å².